The minimum atomic E-state index is -0.246. The molecule has 1 aliphatic carbocycles. The van der Waals surface area contributed by atoms with Gasteiger partial charge in [-0.1, -0.05) is 15.9 Å². The summed E-state index contributed by atoms with van der Waals surface area (Å²) in [5, 5.41) is 5.96. The van der Waals surface area contributed by atoms with E-state index in [2.05, 4.69) is 49.1 Å². The molecular weight excluding hydrogens is 446 g/mol. The predicted molar refractivity (Wildman–Crippen MR) is 120 cm³/mol. The fraction of sp³-hybridized carbons (Fsp3) is 0.227. The molecule has 1 aromatic carbocycles. The van der Waals surface area contributed by atoms with E-state index in [4.69, 9.17) is 9.72 Å². The number of nitrogens with one attached hydrogen (secondary N) is 2. The third-order valence-electron chi connectivity index (χ3n) is 5.00. The zero-order valence-corrected chi connectivity index (χ0v) is 18.6. The SMILES string of the molecule is CNC(=O)c1cc(OC2=Cc3nc(Nc4ccc(Br)c(C)c4)n(C)c3CC2)ccn1. The zero-order chi connectivity index (χ0) is 21.3. The summed E-state index contributed by atoms with van der Waals surface area (Å²) in [5.41, 5.74) is 4.50. The summed E-state index contributed by atoms with van der Waals surface area (Å²) < 4.78 is 9.17. The number of nitrogens with zero attached hydrogens (tertiary/aromatic N) is 3. The molecule has 4 rings (SSSR count). The lowest BCUT2D eigenvalue weighted by Gasteiger charge is -2.15. The molecule has 0 unspecified atom stereocenters. The summed E-state index contributed by atoms with van der Waals surface area (Å²) in [6, 6.07) is 9.49. The number of carbonyl (C=O) groups is 1. The van der Waals surface area contributed by atoms with Crippen LogP contribution in [0.15, 0.2) is 46.8 Å². The molecule has 0 saturated heterocycles. The lowest BCUT2D eigenvalue weighted by molar-refractivity contribution is 0.0957. The Balaban J connectivity index is 1.55. The number of ether oxygens (including phenoxy) is 1. The van der Waals surface area contributed by atoms with Gasteiger partial charge in [-0.3, -0.25) is 9.78 Å². The summed E-state index contributed by atoms with van der Waals surface area (Å²) in [7, 11) is 3.59. The maximum Gasteiger partial charge on any atom is 0.269 e. The standard InChI is InChI=1S/C22H22BrN5O2/c1-13-10-14(4-6-17(13)23)26-22-27-18-11-15(5-7-20(18)28(22)3)30-16-8-9-25-19(12-16)21(29)24-2/h4,6,8-12H,5,7H2,1-3H3,(H,24,29)(H,26,27). The van der Waals surface area contributed by atoms with Crippen molar-refractivity contribution in [2.45, 2.75) is 19.8 Å². The normalized spacial score (nSPS) is 12.7. The molecule has 8 heteroatoms. The minimum absolute atomic E-state index is 0.246. The van der Waals surface area contributed by atoms with Gasteiger partial charge in [-0.15, -0.1) is 0 Å². The third kappa shape index (κ3) is 4.09. The van der Waals surface area contributed by atoms with Crippen molar-refractivity contribution in [1.82, 2.24) is 19.9 Å². The predicted octanol–water partition coefficient (Wildman–Crippen LogP) is 4.36. The topological polar surface area (TPSA) is 81.1 Å². The van der Waals surface area contributed by atoms with Crippen molar-refractivity contribution in [1.29, 1.82) is 0 Å². The van der Waals surface area contributed by atoms with Crippen LogP contribution in [0.5, 0.6) is 5.75 Å². The second kappa shape index (κ2) is 8.31. The summed E-state index contributed by atoms with van der Waals surface area (Å²) >= 11 is 3.53. The number of imidazole rings is 1. The Bertz CT molecular complexity index is 1150. The molecule has 0 radical (unpaired) electrons. The quantitative estimate of drug-likeness (QED) is 0.582. The van der Waals surface area contributed by atoms with Crippen molar-refractivity contribution < 1.29 is 9.53 Å². The Morgan fingerprint density at radius 1 is 1.23 bits per heavy atom. The van der Waals surface area contributed by atoms with Gasteiger partial charge in [0.25, 0.3) is 5.91 Å². The highest BCUT2D eigenvalue weighted by Gasteiger charge is 2.20. The van der Waals surface area contributed by atoms with Gasteiger partial charge < -0.3 is 19.9 Å². The Kier molecular flexibility index (Phi) is 5.59. The fourth-order valence-electron chi connectivity index (χ4n) is 3.35. The van der Waals surface area contributed by atoms with Gasteiger partial charge in [0.15, 0.2) is 0 Å². The number of aryl methyl sites for hydroxylation is 1. The Morgan fingerprint density at radius 2 is 2.07 bits per heavy atom. The lowest BCUT2D eigenvalue weighted by atomic mass is 10.1. The molecule has 0 bridgehead atoms. The van der Waals surface area contributed by atoms with Crippen molar-refractivity contribution in [2.75, 3.05) is 12.4 Å². The van der Waals surface area contributed by atoms with Crippen molar-refractivity contribution in [3.8, 4) is 5.75 Å². The second-order valence-corrected chi connectivity index (χ2v) is 7.94. The first-order valence-electron chi connectivity index (χ1n) is 9.60. The third-order valence-corrected chi connectivity index (χ3v) is 5.89. The number of pyridine rings is 1. The number of aromatic nitrogens is 3. The molecule has 30 heavy (non-hydrogen) atoms. The first-order chi connectivity index (χ1) is 14.4. The second-order valence-electron chi connectivity index (χ2n) is 7.08. The molecule has 7 nitrogen and oxygen atoms in total. The van der Waals surface area contributed by atoms with Crippen LogP contribution in [-0.4, -0.2) is 27.5 Å². The Hall–Kier alpha value is -3.13. The number of fused-ring (bicyclic) bond motifs is 1. The molecule has 0 spiro atoms. The van der Waals surface area contributed by atoms with Crippen LogP contribution in [0.25, 0.3) is 6.08 Å². The molecular formula is C22H22BrN5O2. The van der Waals surface area contributed by atoms with Crippen LogP contribution >= 0.6 is 15.9 Å². The molecule has 2 heterocycles. The summed E-state index contributed by atoms with van der Waals surface area (Å²) in [6.45, 7) is 2.06. The van der Waals surface area contributed by atoms with Crippen LogP contribution in [-0.2, 0) is 13.5 Å². The van der Waals surface area contributed by atoms with Crippen LogP contribution in [0.1, 0.15) is 33.9 Å². The average Bonchev–Trinajstić information content (AvgIpc) is 3.05. The molecule has 0 saturated carbocycles. The van der Waals surface area contributed by atoms with Crippen LogP contribution in [0, 0.1) is 6.92 Å². The molecule has 3 aromatic rings. The average molecular weight is 468 g/mol. The van der Waals surface area contributed by atoms with Crippen LogP contribution in [0.3, 0.4) is 0 Å². The van der Waals surface area contributed by atoms with Gasteiger partial charge in [0, 0.05) is 54.7 Å². The molecule has 0 aliphatic heterocycles. The molecule has 154 valence electrons. The van der Waals surface area contributed by atoms with Crippen molar-refractivity contribution in [2.24, 2.45) is 7.05 Å². The number of hydrogen-bond donors (Lipinski definition) is 2. The molecule has 0 atom stereocenters. The number of allylic oxidation sites excluding steroid dienone is 1. The molecule has 0 fully saturated rings. The number of benzene rings is 1. The van der Waals surface area contributed by atoms with E-state index in [1.165, 1.54) is 0 Å². The number of anilines is 2. The Labute approximate surface area is 183 Å². The van der Waals surface area contributed by atoms with E-state index in [9.17, 15) is 4.79 Å². The van der Waals surface area contributed by atoms with Crippen molar-refractivity contribution in [3.63, 3.8) is 0 Å². The van der Waals surface area contributed by atoms with E-state index in [-0.39, 0.29) is 5.91 Å². The highest BCUT2D eigenvalue weighted by molar-refractivity contribution is 9.10. The van der Waals surface area contributed by atoms with Crippen molar-refractivity contribution in [3.05, 3.63) is 69.4 Å². The maximum atomic E-state index is 11.8. The van der Waals surface area contributed by atoms with E-state index in [0.29, 0.717) is 11.4 Å². The van der Waals surface area contributed by atoms with Gasteiger partial charge in [-0.05, 0) is 43.2 Å². The number of hydrogen-bond acceptors (Lipinski definition) is 5. The van der Waals surface area contributed by atoms with Gasteiger partial charge in [0.2, 0.25) is 5.95 Å². The smallest absolute Gasteiger partial charge is 0.269 e. The van der Waals surface area contributed by atoms with Gasteiger partial charge >= 0.3 is 0 Å². The van der Waals surface area contributed by atoms with E-state index in [1.807, 2.05) is 25.3 Å². The van der Waals surface area contributed by atoms with Gasteiger partial charge in [0.1, 0.15) is 17.2 Å². The van der Waals surface area contributed by atoms with Gasteiger partial charge in [0.05, 0.1) is 5.69 Å². The van der Waals surface area contributed by atoms with Crippen LogP contribution in [0.2, 0.25) is 0 Å². The molecule has 1 aliphatic rings. The number of amides is 1. The Morgan fingerprint density at radius 3 is 2.83 bits per heavy atom. The lowest BCUT2D eigenvalue weighted by Crippen LogP contribution is -2.19. The van der Waals surface area contributed by atoms with E-state index >= 15 is 0 Å². The highest BCUT2D eigenvalue weighted by Crippen LogP contribution is 2.29. The van der Waals surface area contributed by atoms with Crippen molar-refractivity contribution >= 4 is 39.5 Å². The van der Waals surface area contributed by atoms with E-state index in [0.717, 1.165) is 51.7 Å². The maximum absolute atomic E-state index is 11.8. The van der Waals surface area contributed by atoms with Crippen LogP contribution in [0.4, 0.5) is 11.6 Å². The molecule has 2 N–H and O–H groups in total. The van der Waals surface area contributed by atoms with Crippen LogP contribution < -0.4 is 15.4 Å². The monoisotopic (exact) mass is 467 g/mol. The number of halogens is 1. The number of carbonyl (C=O) groups excluding carboxylic acids is 1. The summed E-state index contributed by atoms with van der Waals surface area (Å²) in [6.07, 6.45) is 5.09. The van der Waals surface area contributed by atoms with Gasteiger partial charge in [-0.25, -0.2) is 4.98 Å². The molecule has 2 aromatic heterocycles. The molecule has 1 amide bonds. The number of rotatable bonds is 5. The fourth-order valence-corrected chi connectivity index (χ4v) is 3.60. The minimum Gasteiger partial charge on any atom is -0.462 e. The largest absolute Gasteiger partial charge is 0.462 e. The van der Waals surface area contributed by atoms with E-state index in [1.54, 1.807) is 25.4 Å². The summed E-state index contributed by atoms with van der Waals surface area (Å²) in [4.78, 5) is 20.6. The highest BCUT2D eigenvalue weighted by atomic mass is 79.9. The van der Waals surface area contributed by atoms with Gasteiger partial charge in [-0.2, -0.15) is 0 Å². The summed E-state index contributed by atoms with van der Waals surface area (Å²) in [5.74, 6) is 1.92. The van der Waals surface area contributed by atoms with E-state index < -0.39 is 0 Å². The zero-order valence-electron chi connectivity index (χ0n) is 17.0. The first kappa shape index (κ1) is 20.2. The first-order valence-corrected chi connectivity index (χ1v) is 10.4.